The number of benzene rings is 1. The van der Waals surface area contributed by atoms with Crippen molar-refractivity contribution in [3.8, 4) is 5.75 Å². The van der Waals surface area contributed by atoms with E-state index in [1.54, 1.807) is 13.3 Å². The van der Waals surface area contributed by atoms with Gasteiger partial charge in [-0.05, 0) is 80.3 Å². The zero-order valence-electron chi connectivity index (χ0n) is 21.7. The van der Waals surface area contributed by atoms with E-state index in [0.717, 1.165) is 65.7 Å². The van der Waals surface area contributed by atoms with Crippen molar-refractivity contribution in [1.29, 1.82) is 0 Å². The van der Waals surface area contributed by atoms with Gasteiger partial charge in [-0.2, -0.15) is 11.8 Å². The number of aliphatic carboxylic acids is 1. The van der Waals surface area contributed by atoms with Crippen LogP contribution in [0.5, 0.6) is 5.75 Å². The highest BCUT2D eigenvalue weighted by molar-refractivity contribution is 7.99. The largest absolute Gasteiger partial charge is 0.497 e. The minimum atomic E-state index is -0.716. The van der Waals surface area contributed by atoms with Crippen LogP contribution in [0.2, 0.25) is 0 Å². The molecule has 2 aromatic rings. The minimum absolute atomic E-state index is 0. The minimum Gasteiger partial charge on any atom is -0.497 e. The predicted octanol–water partition coefficient (Wildman–Crippen LogP) is 6.38. The number of ether oxygens (including phenoxy) is 1. The first-order valence-electron chi connectivity index (χ1n) is 13.2. The molecular weight excluding hydrogens is 531 g/mol. The van der Waals surface area contributed by atoms with Gasteiger partial charge >= 0.3 is 5.97 Å². The molecule has 6 nitrogen and oxygen atoms in total. The lowest BCUT2D eigenvalue weighted by atomic mass is 9.79. The van der Waals surface area contributed by atoms with E-state index >= 15 is 0 Å². The van der Waals surface area contributed by atoms with Crippen molar-refractivity contribution < 1.29 is 19.7 Å². The maximum atomic E-state index is 11.6. The number of halogens is 2. The number of pyridine rings is 1. The van der Waals surface area contributed by atoms with Gasteiger partial charge in [0.25, 0.3) is 0 Å². The van der Waals surface area contributed by atoms with Gasteiger partial charge in [0.2, 0.25) is 0 Å². The van der Waals surface area contributed by atoms with Gasteiger partial charge in [-0.1, -0.05) is 19.3 Å². The first-order valence-corrected chi connectivity index (χ1v) is 14.2. The molecule has 9 heteroatoms. The van der Waals surface area contributed by atoms with Gasteiger partial charge in [-0.15, -0.1) is 24.8 Å². The van der Waals surface area contributed by atoms with Crippen molar-refractivity contribution in [2.45, 2.75) is 69.1 Å². The van der Waals surface area contributed by atoms with Crippen molar-refractivity contribution in [3.05, 3.63) is 36.0 Å². The lowest BCUT2D eigenvalue weighted by molar-refractivity contribution is -0.139. The highest BCUT2D eigenvalue weighted by atomic mass is 35.5. The lowest BCUT2D eigenvalue weighted by Gasteiger charge is -2.38. The van der Waals surface area contributed by atoms with Crippen LogP contribution in [-0.2, 0) is 4.79 Å². The maximum absolute atomic E-state index is 11.6. The van der Waals surface area contributed by atoms with Crippen LogP contribution in [0.25, 0.3) is 10.9 Å². The number of aliphatic hydroxyl groups excluding tert-OH is 1. The number of fused-ring (bicyclic) bond motifs is 1. The van der Waals surface area contributed by atoms with Crippen molar-refractivity contribution in [3.63, 3.8) is 0 Å². The van der Waals surface area contributed by atoms with E-state index in [0.29, 0.717) is 12.3 Å². The number of nitrogens with zero attached hydrogens (tertiary/aromatic N) is 2. The third kappa shape index (κ3) is 9.17. The molecule has 37 heavy (non-hydrogen) atoms. The number of aromatic nitrogens is 1. The Kier molecular flexibility index (Phi) is 13.8. The van der Waals surface area contributed by atoms with E-state index in [2.05, 4.69) is 21.6 Å². The molecule has 2 N–H and O–H groups in total. The summed E-state index contributed by atoms with van der Waals surface area (Å²) >= 11 is 2.12. The van der Waals surface area contributed by atoms with Crippen molar-refractivity contribution in [2.75, 3.05) is 32.5 Å². The molecule has 3 atom stereocenters. The van der Waals surface area contributed by atoms with E-state index in [4.69, 9.17) is 4.74 Å². The van der Waals surface area contributed by atoms with Crippen molar-refractivity contribution in [1.82, 2.24) is 9.88 Å². The van der Waals surface area contributed by atoms with Gasteiger partial charge in [0.1, 0.15) is 5.75 Å². The highest BCUT2D eigenvalue weighted by Gasteiger charge is 2.31. The first-order chi connectivity index (χ1) is 17.0. The van der Waals surface area contributed by atoms with Gasteiger partial charge in [0, 0.05) is 42.1 Å². The molecule has 2 fully saturated rings. The monoisotopic (exact) mass is 572 g/mol. The number of carboxylic acids is 1. The molecule has 0 amide bonds. The summed E-state index contributed by atoms with van der Waals surface area (Å²) in [6.07, 6.45) is 10.6. The molecule has 4 rings (SSSR count). The fourth-order valence-corrected chi connectivity index (χ4v) is 7.23. The first kappa shape index (κ1) is 32.0. The molecule has 2 aliphatic rings. The van der Waals surface area contributed by atoms with Gasteiger partial charge in [-0.25, -0.2) is 0 Å². The van der Waals surface area contributed by atoms with E-state index < -0.39 is 12.1 Å². The fourth-order valence-electron chi connectivity index (χ4n) is 5.87. The fraction of sp³-hybridized carbons (Fsp3) is 0.643. The second kappa shape index (κ2) is 16.0. The third-order valence-corrected chi connectivity index (χ3v) is 9.24. The van der Waals surface area contributed by atoms with Crippen LogP contribution < -0.4 is 4.74 Å². The molecule has 1 saturated carbocycles. The quantitative estimate of drug-likeness (QED) is 0.323. The molecule has 0 radical (unpaired) electrons. The van der Waals surface area contributed by atoms with Crippen molar-refractivity contribution >= 4 is 53.4 Å². The molecule has 1 aromatic heterocycles. The number of carbonyl (C=O) groups is 1. The summed E-state index contributed by atoms with van der Waals surface area (Å²) in [5.74, 6) is 1.64. The normalized spacial score (nSPS) is 21.6. The molecule has 0 spiro atoms. The van der Waals surface area contributed by atoms with E-state index in [-0.39, 0.29) is 37.2 Å². The molecule has 1 aliphatic heterocycles. The molecule has 2 heterocycles. The van der Waals surface area contributed by atoms with Crippen molar-refractivity contribution in [2.24, 2.45) is 11.8 Å². The summed E-state index contributed by atoms with van der Waals surface area (Å²) in [6, 6.07) is 7.60. The third-order valence-electron chi connectivity index (χ3n) is 7.88. The number of aliphatic hydroxyl groups is 1. The molecular formula is C28H42Cl2N2O4S. The van der Waals surface area contributed by atoms with Gasteiger partial charge in [0.15, 0.2) is 0 Å². The zero-order valence-corrected chi connectivity index (χ0v) is 24.2. The number of carboxylic acid groups (broad SMARTS) is 1. The number of hydrogen-bond acceptors (Lipinski definition) is 6. The number of hydrogen-bond donors (Lipinski definition) is 2. The Balaban J connectivity index is 0.00000241. The summed E-state index contributed by atoms with van der Waals surface area (Å²) < 4.78 is 5.36. The zero-order chi connectivity index (χ0) is 24.6. The van der Waals surface area contributed by atoms with E-state index in [9.17, 15) is 15.0 Å². The van der Waals surface area contributed by atoms with Gasteiger partial charge < -0.3 is 19.8 Å². The number of thioether (sulfide) groups is 1. The Morgan fingerprint density at radius 1 is 1.16 bits per heavy atom. The average Bonchev–Trinajstić information content (AvgIpc) is 2.87. The van der Waals surface area contributed by atoms with Crippen LogP contribution in [0.1, 0.15) is 69.5 Å². The Labute approximate surface area is 237 Å². The summed E-state index contributed by atoms with van der Waals surface area (Å²) in [5.41, 5.74) is 1.70. The van der Waals surface area contributed by atoms with E-state index in [1.807, 2.05) is 24.3 Å². The number of methoxy groups -OCH3 is 1. The Morgan fingerprint density at radius 3 is 2.68 bits per heavy atom. The molecule has 1 aromatic carbocycles. The van der Waals surface area contributed by atoms with Crippen LogP contribution in [-0.4, -0.2) is 63.8 Å². The van der Waals surface area contributed by atoms with Crippen LogP contribution >= 0.6 is 36.6 Å². The molecule has 0 bridgehead atoms. The van der Waals surface area contributed by atoms with Gasteiger partial charge in [0.05, 0.1) is 18.7 Å². The van der Waals surface area contributed by atoms with Crippen LogP contribution in [0, 0.1) is 11.8 Å². The number of rotatable bonds is 11. The predicted molar refractivity (Wildman–Crippen MR) is 157 cm³/mol. The SMILES string of the molecule is COc1ccc2nccc([C@@H](O)CC[C@@H]3CCN(CCSC4CCCCC4)C[C@@H]3CC(=O)O)c2c1.Cl.Cl. The van der Waals surface area contributed by atoms with E-state index in [1.165, 1.54) is 32.1 Å². The molecule has 0 unspecified atom stereocenters. The summed E-state index contributed by atoms with van der Waals surface area (Å²) in [4.78, 5) is 18.5. The summed E-state index contributed by atoms with van der Waals surface area (Å²) in [7, 11) is 1.64. The maximum Gasteiger partial charge on any atom is 0.303 e. The highest BCUT2D eigenvalue weighted by Crippen LogP contribution is 2.35. The Bertz CT molecular complexity index is 976. The summed E-state index contributed by atoms with van der Waals surface area (Å²) in [6.45, 7) is 2.93. The van der Waals surface area contributed by atoms with Crippen LogP contribution in [0.4, 0.5) is 0 Å². The number of piperidine rings is 1. The number of likely N-dealkylation sites (tertiary alicyclic amines) is 1. The Hall–Kier alpha value is -1.25. The second-order valence-corrected chi connectivity index (χ2v) is 11.6. The Morgan fingerprint density at radius 2 is 1.95 bits per heavy atom. The smallest absolute Gasteiger partial charge is 0.303 e. The van der Waals surface area contributed by atoms with Crippen LogP contribution in [0.15, 0.2) is 30.5 Å². The standard InChI is InChI=1S/C28H40N2O4S.2ClH/c1-34-22-8-9-26-25(18-22)24(11-13-29-26)27(31)10-7-20-12-14-30(19-21(20)17-28(32)33)15-16-35-23-5-3-2-4-6-23;;/h8-9,11,13,18,20-21,23,27,31H,2-7,10,12,14-17,19H2,1H3,(H,32,33);2*1H/t20-,21+,27+;;/m1../s1. The van der Waals surface area contributed by atoms with Gasteiger partial charge in [-0.3, -0.25) is 9.78 Å². The topological polar surface area (TPSA) is 82.9 Å². The average molecular weight is 574 g/mol. The molecule has 1 aliphatic carbocycles. The lowest BCUT2D eigenvalue weighted by Crippen LogP contribution is -2.42. The second-order valence-electron chi connectivity index (χ2n) is 10.2. The van der Waals surface area contributed by atoms with Crippen LogP contribution in [0.3, 0.4) is 0 Å². The molecule has 1 saturated heterocycles. The summed E-state index contributed by atoms with van der Waals surface area (Å²) in [5, 5.41) is 22.4. The molecule has 208 valence electrons.